The number of hydrogen-bond donors (Lipinski definition) is 0. The number of aryl methyl sites for hydroxylation is 3. The van der Waals surface area contributed by atoms with Gasteiger partial charge in [0.1, 0.15) is 6.07 Å². The Hall–Kier alpha value is -3.44. The van der Waals surface area contributed by atoms with Crippen LogP contribution in [0.25, 0.3) is 22.5 Å². The molecule has 7 nitrogen and oxygen atoms in total. The Morgan fingerprint density at radius 3 is 2.62 bits per heavy atom. The van der Waals surface area contributed by atoms with Crippen molar-refractivity contribution in [3.8, 4) is 6.07 Å². The molecule has 0 amide bonds. The molecule has 29 heavy (non-hydrogen) atoms. The third-order valence-electron chi connectivity index (χ3n) is 5.29. The third-order valence-corrected chi connectivity index (χ3v) is 6.15. The third kappa shape index (κ3) is 2.58. The number of aromatic nitrogens is 6. The number of imidazole rings is 1. The van der Waals surface area contributed by atoms with Gasteiger partial charge < -0.3 is 0 Å². The first-order valence-electron chi connectivity index (χ1n) is 9.17. The Kier molecular flexibility index (Phi) is 3.83. The predicted molar refractivity (Wildman–Crippen MR) is 111 cm³/mol. The van der Waals surface area contributed by atoms with Crippen molar-refractivity contribution < 1.29 is 0 Å². The summed E-state index contributed by atoms with van der Waals surface area (Å²) < 4.78 is 3.79. The number of hydrogen-bond acceptors (Lipinski definition) is 6. The summed E-state index contributed by atoms with van der Waals surface area (Å²) >= 11 is 1.45. The van der Waals surface area contributed by atoms with E-state index in [2.05, 4.69) is 21.1 Å². The quantitative estimate of drug-likeness (QED) is 0.443. The van der Waals surface area contributed by atoms with Crippen LogP contribution in [0.3, 0.4) is 0 Å². The molecule has 0 aliphatic rings. The number of nitrogens with zero attached hydrogens (tertiary/aromatic N) is 7. The van der Waals surface area contributed by atoms with Crippen LogP contribution in [-0.4, -0.2) is 29.0 Å². The van der Waals surface area contributed by atoms with Crippen molar-refractivity contribution in [2.45, 2.75) is 37.9 Å². The smallest absolute Gasteiger partial charge is 0.253 e. The van der Waals surface area contributed by atoms with Crippen molar-refractivity contribution in [3.63, 3.8) is 0 Å². The zero-order valence-corrected chi connectivity index (χ0v) is 17.2. The summed E-state index contributed by atoms with van der Waals surface area (Å²) in [6.45, 7) is 7.97. The molecule has 0 bridgehead atoms. The van der Waals surface area contributed by atoms with Crippen molar-refractivity contribution in [1.29, 1.82) is 5.26 Å². The van der Waals surface area contributed by atoms with Crippen molar-refractivity contribution >= 4 is 34.2 Å². The molecule has 0 atom stereocenters. The lowest BCUT2D eigenvalue weighted by Crippen LogP contribution is -2.02. The first-order valence-corrected chi connectivity index (χ1v) is 9.99. The number of nitriles is 1. The fraction of sp³-hybridized carbons (Fsp3) is 0.190. The minimum atomic E-state index is 0.581. The van der Waals surface area contributed by atoms with E-state index in [0.29, 0.717) is 22.1 Å². The normalized spacial score (nSPS) is 11.6. The highest BCUT2D eigenvalue weighted by molar-refractivity contribution is 7.99. The van der Waals surface area contributed by atoms with Gasteiger partial charge in [0.05, 0.1) is 21.6 Å². The molecular formula is C21H17N7S. The lowest BCUT2D eigenvalue weighted by Gasteiger charge is -2.08. The number of para-hydroxylation sites is 2. The second-order valence-corrected chi connectivity index (χ2v) is 8.02. The summed E-state index contributed by atoms with van der Waals surface area (Å²) in [5, 5.41) is 15.8. The molecule has 0 radical (unpaired) electrons. The summed E-state index contributed by atoms with van der Waals surface area (Å²) in [5.41, 5.74) is 7.00. The van der Waals surface area contributed by atoms with E-state index in [9.17, 15) is 5.26 Å². The predicted octanol–water partition coefficient (Wildman–Crippen LogP) is 4.18. The van der Waals surface area contributed by atoms with E-state index in [-0.39, 0.29) is 0 Å². The van der Waals surface area contributed by atoms with Gasteiger partial charge in [-0.05, 0) is 68.8 Å². The van der Waals surface area contributed by atoms with Crippen LogP contribution in [-0.2, 0) is 0 Å². The molecule has 8 heteroatoms. The fourth-order valence-corrected chi connectivity index (χ4v) is 4.45. The molecule has 0 aliphatic carbocycles. The highest BCUT2D eigenvalue weighted by Crippen LogP contribution is 2.32. The summed E-state index contributed by atoms with van der Waals surface area (Å²) in [5.74, 6) is 0.588. The number of rotatable bonds is 2. The van der Waals surface area contributed by atoms with Crippen LogP contribution in [0.4, 0.5) is 0 Å². The molecule has 0 unspecified atom stereocenters. The van der Waals surface area contributed by atoms with Crippen molar-refractivity contribution in [2.75, 3.05) is 0 Å². The average Bonchev–Trinajstić information content (AvgIpc) is 3.27. The van der Waals surface area contributed by atoms with Crippen molar-refractivity contribution in [3.05, 3.63) is 58.4 Å². The minimum absolute atomic E-state index is 0.581. The Morgan fingerprint density at radius 2 is 1.83 bits per heavy atom. The molecule has 142 valence electrons. The number of pyridine rings is 1. The molecule has 0 aliphatic heterocycles. The first kappa shape index (κ1) is 17.6. The van der Waals surface area contributed by atoms with E-state index in [1.807, 2.05) is 62.4 Å². The number of benzene rings is 1. The lowest BCUT2D eigenvalue weighted by atomic mass is 10.2. The maximum atomic E-state index is 9.65. The summed E-state index contributed by atoms with van der Waals surface area (Å²) in [6, 6.07) is 12.2. The molecular weight excluding hydrogens is 382 g/mol. The zero-order valence-electron chi connectivity index (χ0n) is 16.4. The SMILES string of the molecule is Cc1cc(Sc2nc3nc(C)c(C)c(C)n3n2)n2c(nc3ccccc32)c1C#N. The molecule has 4 aromatic heterocycles. The molecule has 0 saturated carbocycles. The standard InChI is InChI=1S/C21H17N7S/c1-11-9-18(27-17-8-6-5-7-16(17)24-19(27)15(11)10-22)29-21-25-20-23-13(3)12(2)14(4)28(20)26-21/h5-9H,1-4H3. The molecule has 0 N–H and O–H groups in total. The van der Waals surface area contributed by atoms with Gasteiger partial charge in [-0.2, -0.15) is 10.2 Å². The van der Waals surface area contributed by atoms with Crippen LogP contribution in [0.1, 0.15) is 28.1 Å². The maximum absolute atomic E-state index is 9.65. The van der Waals surface area contributed by atoms with Crippen LogP contribution in [0.2, 0.25) is 0 Å². The maximum Gasteiger partial charge on any atom is 0.253 e. The summed E-state index contributed by atoms with van der Waals surface area (Å²) in [6.07, 6.45) is 0. The Morgan fingerprint density at radius 1 is 1.03 bits per heavy atom. The van der Waals surface area contributed by atoms with Crippen LogP contribution < -0.4 is 0 Å². The van der Waals surface area contributed by atoms with Gasteiger partial charge in [-0.3, -0.25) is 4.40 Å². The Balaban J connectivity index is 1.75. The molecule has 5 aromatic rings. The Labute approximate surface area is 171 Å². The summed E-state index contributed by atoms with van der Waals surface area (Å²) in [4.78, 5) is 13.9. The van der Waals surface area contributed by atoms with Crippen LogP contribution in [0.5, 0.6) is 0 Å². The van der Waals surface area contributed by atoms with Gasteiger partial charge in [0.25, 0.3) is 5.78 Å². The van der Waals surface area contributed by atoms with Crippen LogP contribution in [0, 0.1) is 39.0 Å². The van der Waals surface area contributed by atoms with E-state index < -0.39 is 0 Å². The molecule has 5 rings (SSSR count). The van der Waals surface area contributed by atoms with E-state index in [1.165, 1.54) is 11.8 Å². The van der Waals surface area contributed by atoms with Gasteiger partial charge in [0.2, 0.25) is 5.16 Å². The van der Waals surface area contributed by atoms with Gasteiger partial charge >= 0.3 is 0 Å². The molecule has 4 heterocycles. The van der Waals surface area contributed by atoms with E-state index in [4.69, 9.17) is 4.98 Å². The monoisotopic (exact) mass is 399 g/mol. The topological polar surface area (TPSA) is 84.2 Å². The summed E-state index contributed by atoms with van der Waals surface area (Å²) in [7, 11) is 0. The highest BCUT2D eigenvalue weighted by Gasteiger charge is 2.18. The zero-order chi connectivity index (χ0) is 20.3. The molecule has 0 saturated heterocycles. The van der Waals surface area contributed by atoms with Gasteiger partial charge in [0, 0.05) is 11.4 Å². The van der Waals surface area contributed by atoms with Gasteiger partial charge in [-0.15, -0.1) is 5.10 Å². The lowest BCUT2D eigenvalue weighted by molar-refractivity contribution is 0.831. The van der Waals surface area contributed by atoms with Crippen molar-refractivity contribution in [1.82, 2.24) is 29.0 Å². The molecule has 1 aromatic carbocycles. The first-order chi connectivity index (χ1) is 14.0. The van der Waals surface area contributed by atoms with Crippen LogP contribution in [0.15, 0.2) is 40.5 Å². The second-order valence-electron chi connectivity index (χ2n) is 7.03. The average molecular weight is 399 g/mol. The molecule has 0 spiro atoms. The second kappa shape index (κ2) is 6.29. The van der Waals surface area contributed by atoms with E-state index >= 15 is 0 Å². The van der Waals surface area contributed by atoms with Crippen molar-refractivity contribution in [2.24, 2.45) is 0 Å². The van der Waals surface area contributed by atoms with Gasteiger partial charge in [-0.1, -0.05) is 12.1 Å². The number of fused-ring (bicyclic) bond motifs is 4. The van der Waals surface area contributed by atoms with Crippen LogP contribution >= 0.6 is 11.8 Å². The fourth-order valence-electron chi connectivity index (χ4n) is 3.50. The van der Waals surface area contributed by atoms with Gasteiger partial charge in [0.15, 0.2) is 5.65 Å². The van der Waals surface area contributed by atoms with E-state index in [1.54, 1.807) is 4.52 Å². The Bertz CT molecular complexity index is 1490. The largest absolute Gasteiger partial charge is 0.285 e. The minimum Gasteiger partial charge on any atom is -0.285 e. The highest BCUT2D eigenvalue weighted by atomic mass is 32.2. The van der Waals surface area contributed by atoms with E-state index in [0.717, 1.165) is 38.6 Å². The van der Waals surface area contributed by atoms with Gasteiger partial charge in [-0.25, -0.2) is 14.5 Å². The molecule has 0 fully saturated rings.